The third-order valence-electron chi connectivity index (χ3n) is 7.81. The predicted molar refractivity (Wildman–Crippen MR) is 150 cm³/mol. The summed E-state index contributed by atoms with van der Waals surface area (Å²) in [4.78, 5) is 23.5. The molecule has 0 radical (unpaired) electrons. The maximum atomic E-state index is 12.0. The van der Waals surface area contributed by atoms with Gasteiger partial charge in [0, 0.05) is 51.0 Å². The summed E-state index contributed by atoms with van der Waals surface area (Å²) < 4.78 is 45.4. The fourth-order valence-corrected chi connectivity index (χ4v) is 6.25. The molecule has 5 heterocycles. The van der Waals surface area contributed by atoms with Crippen molar-refractivity contribution in [3.8, 4) is 23.3 Å². The smallest absolute Gasteiger partial charge is 0.298 e. The number of ether oxygens (including phenoxy) is 3. The zero-order valence-corrected chi connectivity index (χ0v) is 24.0. The highest BCUT2D eigenvalue weighted by molar-refractivity contribution is 7.92. The summed E-state index contributed by atoms with van der Waals surface area (Å²) in [6.07, 6.45) is 9.28. The Bertz CT molecular complexity index is 1480. The molecule has 1 N–H and O–H groups in total. The third kappa shape index (κ3) is 5.52. The van der Waals surface area contributed by atoms with Crippen molar-refractivity contribution < 1.29 is 22.6 Å². The van der Waals surface area contributed by atoms with Gasteiger partial charge in [0.1, 0.15) is 11.8 Å². The summed E-state index contributed by atoms with van der Waals surface area (Å²) in [5.74, 6) is 1.23. The molecule has 14 heteroatoms. The van der Waals surface area contributed by atoms with Crippen LogP contribution < -0.4 is 19.1 Å². The van der Waals surface area contributed by atoms with Crippen LogP contribution in [0.25, 0.3) is 22.6 Å². The molecule has 1 aliphatic carbocycles. The average Bonchev–Trinajstić information content (AvgIpc) is 3.25. The number of hydrogen-bond donors (Lipinski definition) is 1. The minimum atomic E-state index is -3.56. The van der Waals surface area contributed by atoms with E-state index in [1.807, 2.05) is 11.6 Å². The number of aryl methyl sites for hydroxylation is 1. The van der Waals surface area contributed by atoms with Crippen LogP contribution in [0, 0.1) is 0 Å². The number of rotatable bonds is 8. The number of pyridine rings is 1. The number of fused-ring (bicyclic) bond motifs is 1. The quantitative estimate of drug-likeness (QED) is 0.425. The van der Waals surface area contributed by atoms with Crippen LogP contribution in [0.4, 0.5) is 11.5 Å². The highest BCUT2D eigenvalue weighted by Gasteiger charge is 2.35. The molecule has 13 nitrogen and oxygen atoms in total. The lowest BCUT2D eigenvalue weighted by Crippen LogP contribution is -2.58. The van der Waals surface area contributed by atoms with Crippen molar-refractivity contribution in [3.63, 3.8) is 0 Å². The lowest BCUT2D eigenvalue weighted by molar-refractivity contribution is -0.0239. The Morgan fingerprint density at radius 2 is 1.82 bits per heavy atom. The van der Waals surface area contributed by atoms with Crippen LogP contribution >= 0.6 is 0 Å². The van der Waals surface area contributed by atoms with E-state index in [9.17, 15) is 8.42 Å². The molecule has 0 amide bonds. The number of sulfonamides is 1. The van der Waals surface area contributed by atoms with E-state index < -0.39 is 10.0 Å². The molecule has 0 unspecified atom stereocenters. The molecule has 3 aromatic heterocycles. The fraction of sp³-hybridized carbons (Fsp3) is 0.615. The standard InChI is InChI=1S/C26H36N8O5S/c1-32-23-21(28-26(32)39-19-15-34(16-19)18-7-5-4-6-8-18)24(33-9-11-38-12-10-33)30-22(29-23)17-13-20(31-40(3,35)36)25(37-2)27-14-17/h13-14,18-19,31H,4-12,15-16H2,1-3H3. The van der Waals surface area contributed by atoms with Gasteiger partial charge in [-0.1, -0.05) is 19.3 Å². The zero-order valence-electron chi connectivity index (χ0n) is 23.2. The molecule has 3 aromatic rings. The van der Waals surface area contributed by atoms with Gasteiger partial charge in [-0.05, 0) is 18.9 Å². The first-order valence-corrected chi connectivity index (χ1v) is 15.7. The van der Waals surface area contributed by atoms with Crippen molar-refractivity contribution in [2.75, 3.05) is 62.4 Å². The van der Waals surface area contributed by atoms with Crippen LogP contribution in [-0.2, 0) is 21.8 Å². The molecule has 0 atom stereocenters. The Balaban J connectivity index is 1.34. The van der Waals surface area contributed by atoms with Gasteiger partial charge < -0.3 is 19.1 Å². The lowest BCUT2D eigenvalue weighted by Gasteiger charge is -2.44. The van der Waals surface area contributed by atoms with Crippen LogP contribution in [0.2, 0.25) is 0 Å². The van der Waals surface area contributed by atoms with Gasteiger partial charge in [-0.15, -0.1) is 0 Å². The van der Waals surface area contributed by atoms with E-state index in [0.29, 0.717) is 66.7 Å². The first kappa shape index (κ1) is 27.0. The Labute approximate surface area is 233 Å². The average molecular weight is 573 g/mol. The number of methoxy groups -OCH3 is 1. The highest BCUT2D eigenvalue weighted by atomic mass is 32.2. The second kappa shape index (κ2) is 11.0. The molecule has 0 spiro atoms. The molecule has 2 saturated heterocycles. The minimum absolute atomic E-state index is 0.0899. The summed E-state index contributed by atoms with van der Waals surface area (Å²) in [5, 5.41) is 0. The minimum Gasteiger partial charge on any atom is -0.480 e. The maximum absolute atomic E-state index is 12.0. The molecular formula is C26H36N8O5S. The van der Waals surface area contributed by atoms with Crippen molar-refractivity contribution in [3.05, 3.63) is 12.3 Å². The Kier molecular flexibility index (Phi) is 7.40. The number of nitrogens with one attached hydrogen (secondary N) is 1. The molecule has 1 saturated carbocycles. The van der Waals surface area contributed by atoms with Gasteiger partial charge in [0.2, 0.25) is 15.9 Å². The van der Waals surface area contributed by atoms with Crippen LogP contribution in [0.3, 0.4) is 0 Å². The lowest BCUT2D eigenvalue weighted by atomic mass is 9.92. The van der Waals surface area contributed by atoms with E-state index in [-0.39, 0.29) is 17.7 Å². The first-order valence-electron chi connectivity index (χ1n) is 13.8. The molecule has 0 bridgehead atoms. The first-order chi connectivity index (χ1) is 19.3. The summed E-state index contributed by atoms with van der Waals surface area (Å²) in [7, 11) is -0.232. The highest BCUT2D eigenvalue weighted by Crippen LogP contribution is 2.34. The van der Waals surface area contributed by atoms with Crippen molar-refractivity contribution in [2.45, 2.75) is 44.2 Å². The maximum Gasteiger partial charge on any atom is 0.298 e. The third-order valence-corrected chi connectivity index (χ3v) is 8.40. The normalized spacial score (nSPS) is 19.5. The van der Waals surface area contributed by atoms with Gasteiger partial charge in [0.15, 0.2) is 22.8 Å². The van der Waals surface area contributed by atoms with Crippen molar-refractivity contribution >= 4 is 32.7 Å². The molecule has 0 aromatic carbocycles. The summed E-state index contributed by atoms with van der Waals surface area (Å²) >= 11 is 0. The molecule has 2 aliphatic heterocycles. The van der Waals surface area contributed by atoms with Crippen LogP contribution in [0.5, 0.6) is 11.9 Å². The van der Waals surface area contributed by atoms with Crippen molar-refractivity contribution in [1.29, 1.82) is 0 Å². The van der Waals surface area contributed by atoms with Gasteiger partial charge in [-0.3, -0.25) is 14.2 Å². The van der Waals surface area contributed by atoms with Crippen LogP contribution in [0.1, 0.15) is 32.1 Å². The SMILES string of the molecule is COc1ncc(-c2nc(N3CCOCC3)c3nc(OC4CN(C5CCCCC5)C4)n(C)c3n2)cc1NS(C)(=O)=O. The number of morpholine rings is 1. The summed E-state index contributed by atoms with van der Waals surface area (Å²) in [6.45, 7) is 4.33. The van der Waals surface area contributed by atoms with E-state index in [1.165, 1.54) is 39.2 Å². The van der Waals surface area contributed by atoms with E-state index in [1.54, 1.807) is 12.3 Å². The van der Waals surface area contributed by atoms with Gasteiger partial charge in [0.25, 0.3) is 6.01 Å². The van der Waals surface area contributed by atoms with Crippen LogP contribution in [0.15, 0.2) is 12.3 Å². The van der Waals surface area contributed by atoms with E-state index in [4.69, 9.17) is 29.2 Å². The topological polar surface area (TPSA) is 137 Å². The summed E-state index contributed by atoms with van der Waals surface area (Å²) in [5.41, 5.74) is 2.02. The van der Waals surface area contributed by atoms with Crippen LogP contribution in [-0.4, -0.2) is 103 Å². The molecular weight excluding hydrogens is 536 g/mol. The zero-order chi connectivity index (χ0) is 27.9. The molecule has 40 heavy (non-hydrogen) atoms. The van der Waals surface area contributed by atoms with E-state index in [0.717, 1.165) is 19.3 Å². The monoisotopic (exact) mass is 572 g/mol. The largest absolute Gasteiger partial charge is 0.480 e. The Morgan fingerprint density at radius 3 is 2.52 bits per heavy atom. The van der Waals surface area contributed by atoms with Crippen molar-refractivity contribution in [1.82, 2.24) is 29.4 Å². The number of nitrogens with zero attached hydrogens (tertiary/aromatic N) is 7. The van der Waals surface area contributed by atoms with Gasteiger partial charge in [0.05, 0.1) is 26.6 Å². The number of anilines is 2. The predicted octanol–water partition coefficient (Wildman–Crippen LogP) is 2.04. The number of imidazole rings is 1. The van der Waals surface area contributed by atoms with Gasteiger partial charge >= 0.3 is 0 Å². The Hall–Kier alpha value is -3.23. The van der Waals surface area contributed by atoms with E-state index >= 15 is 0 Å². The van der Waals surface area contributed by atoms with Gasteiger partial charge in [-0.2, -0.15) is 4.98 Å². The second-order valence-electron chi connectivity index (χ2n) is 10.7. The molecule has 216 valence electrons. The Morgan fingerprint density at radius 1 is 1.07 bits per heavy atom. The molecule has 3 aliphatic rings. The van der Waals surface area contributed by atoms with Crippen molar-refractivity contribution in [2.24, 2.45) is 7.05 Å². The number of hydrogen-bond acceptors (Lipinski definition) is 11. The number of likely N-dealkylation sites (tertiary alicyclic amines) is 1. The summed E-state index contributed by atoms with van der Waals surface area (Å²) in [6, 6.07) is 2.81. The van der Waals surface area contributed by atoms with E-state index in [2.05, 4.69) is 19.5 Å². The fourth-order valence-electron chi connectivity index (χ4n) is 5.70. The molecule has 6 rings (SSSR count). The van der Waals surface area contributed by atoms with Gasteiger partial charge in [-0.25, -0.2) is 23.4 Å². The molecule has 3 fully saturated rings. The number of aromatic nitrogens is 5. The second-order valence-corrected chi connectivity index (χ2v) is 12.5.